The average molecular weight is 579 g/mol. The first-order valence-corrected chi connectivity index (χ1v) is 16.0. The maximum atomic E-state index is 12.7. The van der Waals surface area contributed by atoms with Crippen molar-refractivity contribution in [3.8, 4) is 28.4 Å². The molecular weight excluding hydrogens is 532 g/mol. The van der Waals surface area contributed by atoms with Gasteiger partial charge in [0, 0.05) is 0 Å². The number of hydrogen-bond donors (Lipinski definition) is 0. The van der Waals surface area contributed by atoms with Gasteiger partial charge in [-0.05, 0) is 66.4 Å². The summed E-state index contributed by atoms with van der Waals surface area (Å²) in [6.07, 6.45) is 16.1. The van der Waals surface area contributed by atoms with Crippen molar-refractivity contribution >= 4 is 17.6 Å². The number of hydrogen-bond acceptors (Lipinski definition) is 4. The largest absolute Gasteiger partial charge is 0.494 e. The minimum atomic E-state index is -0.454. The van der Waals surface area contributed by atoms with Crippen molar-refractivity contribution < 1.29 is 19.0 Å². The van der Waals surface area contributed by atoms with E-state index in [9.17, 15) is 4.79 Å². The number of unbranched alkanes of at least 4 members (excludes halogenated alkanes) is 11. The minimum absolute atomic E-state index is 0.388. The number of carbonyl (C=O) groups excluding carboxylic acids is 1. The van der Waals surface area contributed by atoms with E-state index in [0.717, 1.165) is 42.7 Å². The van der Waals surface area contributed by atoms with Gasteiger partial charge in [0.15, 0.2) is 0 Å². The first kappa shape index (κ1) is 32.5. The molecule has 0 aromatic heterocycles. The second kappa shape index (κ2) is 19.2. The molecular formula is C36H47ClO4. The van der Waals surface area contributed by atoms with Gasteiger partial charge in [-0.25, -0.2) is 4.79 Å². The van der Waals surface area contributed by atoms with Crippen molar-refractivity contribution in [1.29, 1.82) is 0 Å². The molecule has 5 heteroatoms. The van der Waals surface area contributed by atoms with Crippen molar-refractivity contribution in [2.24, 2.45) is 0 Å². The molecule has 41 heavy (non-hydrogen) atoms. The van der Waals surface area contributed by atoms with Gasteiger partial charge in [0.25, 0.3) is 0 Å². The zero-order chi connectivity index (χ0) is 29.1. The van der Waals surface area contributed by atoms with Crippen molar-refractivity contribution in [2.75, 3.05) is 13.2 Å². The molecule has 0 amide bonds. The topological polar surface area (TPSA) is 44.8 Å². The quantitative estimate of drug-likeness (QED) is 0.0759. The average Bonchev–Trinajstić information content (AvgIpc) is 2.99. The predicted octanol–water partition coefficient (Wildman–Crippen LogP) is 11.1. The molecule has 0 spiro atoms. The summed E-state index contributed by atoms with van der Waals surface area (Å²) in [7, 11) is 0. The van der Waals surface area contributed by atoms with E-state index in [2.05, 4.69) is 26.0 Å². The van der Waals surface area contributed by atoms with E-state index >= 15 is 0 Å². The molecule has 0 bridgehead atoms. The fourth-order valence-corrected chi connectivity index (χ4v) is 4.92. The van der Waals surface area contributed by atoms with Crippen LogP contribution in [-0.2, 0) is 0 Å². The van der Waals surface area contributed by atoms with E-state index in [4.69, 9.17) is 25.8 Å². The van der Waals surface area contributed by atoms with Crippen LogP contribution < -0.4 is 14.2 Å². The van der Waals surface area contributed by atoms with E-state index < -0.39 is 5.97 Å². The lowest BCUT2D eigenvalue weighted by Crippen LogP contribution is -2.08. The molecule has 3 rings (SSSR count). The Hall–Kier alpha value is -2.98. The van der Waals surface area contributed by atoms with Crippen molar-refractivity contribution in [3.63, 3.8) is 0 Å². The van der Waals surface area contributed by atoms with Crippen molar-refractivity contribution in [3.05, 3.63) is 77.3 Å². The maximum Gasteiger partial charge on any atom is 0.343 e. The summed E-state index contributed by atoms with van der Waals surface area (Å²) in [5.74, 6) is 1.51. The summed E-state index contributed by atoms with van der Waals surface area (Å²) in [5, 5.41) is 0.414. The van der Waals surface area contributed by atoms with Crippen LogP contribution in [0.15, 0.2) is 66.7 Å². The molecule has 3 aromatic rings. The molecule has 0 saturated heterocycles. The number of esters is 1. The highest BCUT2D eigenvalue weighted by molar-refractivity contribution is 6.32. The van der Waals surface area contributed by atoms with E-state index in [0.29, 0.717) is 28.7 Å². The molecule has 0 aliphatic rings. The van der Waals surface area contributed by atoms with Crippen LogP contribution >= 0.6 is 11.6 Å². The molecule has 0 N–H and O–H groups in total. The molecule has 0 fully saturated rings. The highest BCUT2D eigenvalue weighted by atomic mass is 35.5. The summed E-state index contributed by atoms with van der Waals surface area (Å²) < 4.78 is 17.3. The van der Waals surface area contributed by atoms with Crippen molar-refractivity contribution in [1.82, 2.24) is 0 Å². The highest BCUT2D eigenvalue weighted by Gasteiger charge is 2.12. The first-order chi connectivity index (χ1) is 20.1. The Bertz CT molecular complexity index is 1140. The molecule has 222 valence electrons. The number of rotatable bonds is 20. The molecule has 0 unspecified atom stereocenters. The minimum Gasteiger partial charge on any atom is -0.494 e. The molecule has 0 aliphatic carbocycles. The third-order valence-corrected chi connectivity index (χ3v) is 7.49. The fraction of sp³-hybridized carbons (Fsp3) is 0.472. The van der Waals surface area contributed by atoms with Crippen LogP contribution in [0, 0.1) is 0 Å². The Labute approximate surface area is 252 Å². The lowest BCUT2D eigenvalue weighted by atomic mass is 10.1. The summed E-state index contributed by atoms with van der Waals surface area (Å²) in [6, 6.07) is 20.7. The molecule has 0 saturated carbocycles. The first-order valence-electron chi connectivity index (χ1n) is 15.6. The molecule has 0 aliphatic heterocycles. The Morgan fingerprint density at radius 2 is 1.07 bits per heavy atom. The number of halogens is 1. The van der Waals surface area contributed by atoms with Crippen LogP contribution in [0.2, 0.25) is 5.02 Å². The number of carbonyl (C=O) groups is 1. The monoisotopic (exact) mass is 578 g/mol. The SMILES string of the molecule is CCCCCCCCCOc1ccc(C(=O)Oc2ccc(-c3ccc(OCCCCCCCC)cc3)cc2)cc1Cl. The van der Waals surface area contributed by atoms with E-state index in [-0.39, 0.29) is 0 Å². The second-order valence-electron chi connectivity index (χ2n) is 10.7. The Kier molecular flexibility index (Phi) is 15.2. The zero-order valence-corrected chi connectivity index (χ0v) is 25.7. The highest BCUT2D eigenvalue weighted by Crippen LogP contribution is 2.28. The summed E-state index contributed by atoms with van der Waals surface area (Å²) >= 11 is 6.39. The molecule has 3 aromatic carbocycles. The number of benzene rings is 3. The molecule has 0 atom stereocenters. The normalized spacial score (nSPS) is 10.9. The fourth-order valence-electron chi connectivity index (χ4n) is 4.68. The van der Waals surface area contributed by atoms with Gasteiger partial charge in [-0.3, -0.25) is 0 Å². The van der Waals surface area contributed by atoms with Crippen LogP contribution in [0.3, 0.4) is 0 Å². The van der Waals surface area contributed by atoms with Gasteiger partial charge in [-0.2, -0.15) is 0 Å². The lowest BCUT2D eigenvalue weighted by molar-refractivity contribution is 0.0734. The predicted molar refractivity (Wildman–Crippen MR) is 171 cm³/mol. The van der Waals surface area contributed by atoms with Gasteiger partial charge in [-0.1, -0.05) is 120 Å². The van der Waals surface area contributed by atoms with Crippen LogP contribution in [0.1, 0.15) is 108 Å². The molecule has 0 heterocycles. The Morgan fingerprint density at radius 3 is 1.61 bits per heavy atom. The van der Waals surface area contributed by atoms with Crippen LogP contribution in [-0.4, -0.2) is 19.2 Å². The Morgan fingerprint density at radius 1 is 0.585 bits per heavy atom. The summed E-state index contributed by atoms with van der Waals surface area (Å²) in [5.41, 5.74) is 2.50. The van der Waals surface area contributed by atoms with Gasteiger partial charge in [0.05, 0.1) is 23.8 Å². The van der Waals surface area contributed by atoms with Crippen LogP contribution in [0.4, 0.5) is 0 Å². The third-order valence-electron chi connectivity index (χ3n) is 7.19. The van der Waals surface area contributed by atoms with Gasteiger partial charge in [-0.15, -0.1) is 0 Å². The van der Waals surface area contributed by atoms with Gasteiger partial charge < -0.3 is 14.2 Å². The smallest absolute Gasteiger partial charge is 0.343 e. The van der Waals surface area contributed by atoms with E-state index in [1.54, 1.807) is 30.3 Å². The summed E-state index contributed by atoms with van der Waals surface area (Å²) in [4.78, 5) is 12.7. The standard InChI is InChI=1S/C36H47ClO4/c1-3-5-7-9-11-13-15-27-40-35-25-20-31(28-34(35)37)36(38)41-33-23-18-30(19-24-33)29-16-21-32(22-17-29)39-26-14-12-10-8-6-4-2/h16-25,28H,3-15,26-27H2,1-2H3. The second-order valence-corrected chi connectivity index (χ2v) is 11.1. The van der Waals surface area contributed by atoms with Gasteiger partial charge in [0.2, 0.25) is 0 Å². The van der Waals surface area contributed by atoms with Crippen molar-refractivity contribution in [2.45, 2.75) is 97.3 Å². The Balaban J connectivity index is 1.41. The van der Waals surface area contributed by atoms with Gasteiger partial charge in [0.1, 0.15) is 17.2 Å². The number of ether oxygens (including phenoxy) is 3. The zero-order valence-electron chi connectivity index (χ0n) is 25.0. The molecule has 4 nitrogen and oxygen atoms in total. The maximum absolute atomic E-state index is 12.7. The van der Waals surface area contributed by atoms with E-state index in [1.807, 2.05) is 24.3 Å². The van der Waals surface area contributed by atoms with Crippen LogP contribution in [0.5, 0.6) is 17.2 Å². The lowest BCUT2D eigenvalue weighted by Gasteiger charge is -2.10. The summed E-state index contributed by atoms with van der Waals surface area (Å²) in [6.45, 7) is 5.85. The molecule has 0 radical (unpaired) electrons. The van der Waals surface area contributed by atoms with E-state index in [1.165, 1.54) is 64.2 Å². The van der Waals surface area contributed by atoms with Gasteiger partial charge >= 0.3 is 5.97 Å². The third kappa shape index (κ3) is 12.2. The van der Waals surface area contributed by atoms with Crippen LogP contribution in [0.25, 0.3) is 11.1 Å².